The van der Waals surface area contributed by atoms with Crippen LogP contribution in [0.1, 0.15) is 19.0 Å². The first-order chi connectivity index (χ1) is 8.22. The molecule has 0 saturated carbocycles. The second-order valence-corrected chi connectivity index (χ2v) is 3.97. The first kappa shape index (κ1) is 11.9. The number of aryl methyl sites for hydroxylation is 2. The average Bonchev–Trinajstić information content (AvgIpc) is 2.61. The van der Waals surface area contributed by atoms with Crippen molar-refractivity contribution in [3.63, 3.8) is 0 Å². The Morgan fingerprint density at radius 3 is 2.94 bits per heavy atom. The van der Waals surface area contributed by atoms with E-state index in [0.29, 0.717) is 5.95 Å². The molecular formula is C12H18N4O. The van der Waals surface area contributed by atoms with Gasteiger partial charge in [-0.05, 0) is 32.4 Å². The lowest BCUT2D eigenvalue weighted by Gasteiger charge is -2.06. The molecule has 0 aliphatic carbocycles. The number of nitrogen functional groups attached to an aromatic ring is 1. The molecule has 2 aromatic rings. The van der Waals surface area contributed by atoms with E-state index < -0.39 is 0 Å². The Labute approximate surface area is 101 Å². The molecule has 17 heavy (non-hydrogen) atoms. The highest BCUT2D eigenvalue weighted by Crippen LogP contribution is 2.16. The monoisotopic (exact) mass is 234 g/mol. The molecule has 2 heterocycles. The number of nitrogens with zero attached hydrogens (tertiary/aromatic N) is 3. The minimum absolute atomic E-state index is 0.523. The molecule has 5 heteroatoms. The van der Waals surface area contributed by atoms with Gasteiger partial charge in [-0.25, -0.2) is 9.97 Å². The van der Waals surface area contributed by atoms with E-state index in [2.05, 4.69) is 9.97 Å². The summed E-state index contributed by atoms with van der Waals surface area (Å²) in [5.74, 6) is 0.523. The van der Waals surface area contributed by atoms with Crippen LogP contribution in [0.25, 0.3) is 11.2 Å². The third kappa shape index (κ3) is 2.55. The fraction of sp³-hybridized carbons (Fsp3) is 0.500. The van der Waals surface area contributed by atoms with Crippen molar-refractivity contribution in [2.45, 2.75) is 26.8 Å². The molecule has 2 N–H and O–H groups in total. The van der Waals surface area contributed by atoms with Crippen molar-refractivity contribution in [1.29, 1.82) is 0 Å². The van der Waals surface area contributed by atoms with Crippen LogP contribution in [0.15, 0.2) is 12.1 Å². The van der Waals surface area contributed by atoms with Crippen LogP contribution in [0.2, 0.25) is 0 Å². The molecule has 0 saturated heterocycles. The summed E-state index contributed by atoms with van der Waals surface area (Å²) in [7, 11) is 0. The van der Waals surface area contributed by atoms with Crippen LogP contribution in [-0.4, -0.2) is 27.7 Å². The number of imidazole rings is 1. The SMILES string of the molecule is CCOCCCn1c(N)nc2ccc(C)nc21. The van der Waals surface area contributed by atoms with E-state index in [-0.39, 0.29) is 0 Å². The van der Waals surface area contributed by atoms with Crippen LogP contribution in [0, 0.1) is 6.92 Å². The summed E-state index contributed by atoms with van der Waals surface area (Å²) in [5, 5.41) is 0. The second kappa shape index (κ2) is 5.14. The van der Waals surface area contributed by atoms with Crippen molar-refractivity contribution in [3.05, 3.63) is 17.8 Å². The van der Waals surface area contributed by atoms with Crippen molar-refractivity contribution < 1.29 is 4.74 Å². The highest BCUT2D eigenvalue weighted by Gasteiger charge is 2.08. The third-order valence-corrected chi connectivity index (χ3v) is 2.64. The number of hydrogen-bond donors (Lipinski definition) is 1. The molecular weight excluding hydrogens is 216 g/mol. The van der Waals surface area contributed by atoms with Gasteiger partial charge in [0.25, 0.3) is 0 Å². The molecule has 0 spiro atoms. The number of nitrogens with two attached hydrogens (primary N) is 1. The molecule has 2 rings (SSSR count). The summed E-state index contributed by atoms with van der Waals surface area (Å²) in [5.41, 5.74) is 8.58. The molecule has 0 radical (unpaired) electrons. The number of ether oxygens (including phenoxy) is 1. The topological polar surface area (TPSA) is 66.0 Å². The lowest BCUT2D eigenvalue weighted by molar-refractivity contribution is 0.142. The van der Waals surface area contributed by atoms with Gasteiger partial charge in [-0.2, -0.15) is 0 Å². The van der Waals surface area contributed by atoms with E-state index in [1.54, 1.807) is 0 Å². The molecule has 92 valence electrons. The zero-order chi connectivity index (χ0) is 12.3. The highest BCUT2D eigenvalue weighted by atomic mass is 16.5. The van der Waals surface area contributed by atoms with Crippen LogP contribution in [-0.2, 0) is 11.3 Å². The Balaban J connectivity index is 2.20. The fourth-order valence-corrected chi connectivity index (χ4v) is 1.80. The Bertz CT molecular complexity index is 506. The van der Waals surface area contributed by atoms with Gasteiger partial charge in [-0.15, -0.1) is 0 Å². The Kier molecular flexibility index (Phi) is 3.58. The van der Waals surface area contributed by atoms with Crippen molar-refractivity contribution in [1.82, 2.24) is 14.5 Å². The number of hydrogen-bond acceptors (Lipinski definition) is 4. The summed E-state index contributed by atoms with van der Waals surface area (Å²) in [6.07, 6.45) is 0.916. The van der Waals surface area contributed by atoms with E-state index in [1.807, 2.05) is 30.5 Å². The minimum atomic E-state index is 0.523. The molecule has 0 fully saturated rings. The minimum Gasteiger partial charge on any atom is -0.382 e. The van der Waals surface area contributed by atoms with E-state index in [0.717, 1.165) is 43.0 Å². The molecule has 0 atom stereocenters. The quantitative estimate of drug-likeness (QED) is 0.800. The van der Waals surface area contributed by atoms with Gasteiger partial charge >= 0.3 is 0 Å². The van der Waals surface area contributed by atoms with Gasteiger partial charge in [0.1, 0.15) is 5.52 Å². The number of rotatable bonds is 5. The lowest BCUT2D eigenvalue weighted by Crippen LogP contribution is -2.07. The number of pyridine rings is 1. The molecule has 5 nitrogen and oxygen atoms in total. The smallest absolute Gasteiger partial charge is 0.202 e. The Morgan fingerprint density at radius 2 is 2.18 bits per heavy atom. The highest BCUT2D eigenvalue weighted by molar-refractivity contribution is 5.74. The summed E-state index contributed by atoms with van der Waals surface area (Å²) >= 11 is 0. The van der Waals surface area contributed by atoms with Gasteiger partial charge in [-0.1, -0.05) is 0 Å². The van der Waals surface area contributed by atoms with Gasteiger partial charge < -0.3 is 10.5 Å². The van der Waals surface area contributed by atoms with E-state index in [1.165, 1.54) is 0 Å². The first-order valence-corrected chi connectivity index (χ1v) is 5.89. The molecule has 0 aliphatic rings. The average molecular weight is 234 g/mol. The third-order valence-electron chi connectivity index (χ3n) is 2.64. The predicted molar refractivity (Wildman–Crippen MR) is 67.8 cm³/mol. The largest absolute Gasteiger partial charge is 0.382 e. The fourth-order valence-electron chi connectivity index (χ4n) is 1.80. The zero-order valence-corrected chi connectivity index (χ0v) is 10.3. The van der Waals surface area contributed by atoms with E-state index >= 15 is 0 Å². The van der Waals surface area contributed by atoms with Gasteiger partial charge in [0.15, 0.2) is 5.65 Å². The number of aromatic nitrogens is 3. The van der Waals surface area contributed by atoms with E-state index in [9.17, 15) is 0 Å². The Morgan fingerprint density at radius 1 is 1.35 bits per heavy atom. The van der Waals surface area contributed by atoms with Gasteiger partial charge in [0, 0.05) is 25.5 Å². The van der Waals surface area contributed by atoms with Crippen LogP contribution in [0.4, 0.5) is 5.95 Å². The van der Waals surface area contributed by atoms with Crippen molar-refractivity contribution in [2.24, 2.45) is 0 Å². The zero-order valence-electron chi connectivity index (χ0n) is 10.3. The summed E-state index contributed by atoms with van der Waals surface area (Å²) in [6.45, 7) is 6.23. The molecule has 0 unspecified atom stereocenters. The summed E-state index contributed by atoms with van der Waals surface area (Å²) in [6, 6.07) is 3.90. The second-order valence-electron chi connectivity index (χ2n) is 3.97. The molecule has 0 bridgehead atoms. The molecule has 0 aromatic carbocycles. The molecule has 2 aromatic heterocycles. The Hall–Kier alpha value is -1.62. The van der Waals surface area contributed by atoms with Gasteiger partial charge in [0.2, 0.25) is 5.95 Å². The van der Waals surface area contributed by atoms with Crippen molar-refractivity contribution >= 4 is 17.1 Å². The van der Waals surface area contributed by atoms with Crippen LogP contribution < -0.4 is 5.73 Å². The first-order valence-electron chi connectivity index (χ1n) is 5.89. The van der Waals surface area contributed by atoms with Crippen LogP contribution in [0.5, 0.6) is 0 Å². The predicted octanol–water partition coefficient (Wildman–Crippen LogP) is 1.75. The van der Waals surface area contributed by atoms with E-state index in [4.69, 9.17) is 10.5 Å². The maximum Gasteiger partial charge on any atom is 0.202 e. The number of anilines is 1. The van der Waals surface area contributed by atoms with Crippen LogP contribution in [0.3, 0.4) is 0 Å². The van der Waals surface area contributed by atoms with Gasteiger partial charge in [0.05, 0.1) is 0 Å². The van der Waals surface area contributed by atoms with Crippen LogP contribution >= 0.6 is 0 Å². The maximum absolute atomic E-state index is 5.89. The number of fused-ring (bicyclic) bond motifs is 1. The van der Waals surface area contributed by atoms with Crippen molar-refractivity contribution in [2.75, 3.05) is 18.9 Å². The summed E-state index contributed by atoms with van der Waals surface area (Å²) in [4.78, 5) is 8.77. The van der Waals surface area contributed by atoms with Crippen molar-refractivity contribution in [3.8, 4) is 0 Å². The normalized spacial score (nSPS) is 11.2. The lowest BCUT2D eigenvalue weighted by atomic mass is 10.3. The van der Waals surface area contributed by atoms with Gasteiger partial charge in [-0.3, -0.25) is 4.57 Å². The molecule has 0 amide bonds. The summed E-state index contributed by atoms with van der Waals surface area (Å²) < 4.78 is 7.26. The maximum atomic E-state index is 5.89. The standard InChI is InChI=1S/C12H18N4O/c1-3-17-8-4-7-16-11-10(15-12(16)13)6-5-9(2)14-11/h5-6H,3-4,7-8H2,1-2H3,(H2,13,15). The molecule has 0 aliphatic heterocycles.